The van der Waals surface area contributed by atoms with E-state index in [4.69, 9.17) is 10.8 Å². The number of nitrogen functional groups attached to an aromatic ring is 1. The number of hydrogen-bond donors (Lipinski definition) is 3. The Hall–Kier alpha value is -2.04. The highest BCUT2D eigenvalue weighted by molar-refractivity contribution is 5.86. The van der Waals surface area contributed by atoms with Gasteiger partial charge in [0.05, 0.1) is 0 Å². The zero-order chi connectivity index (χ0) is 14.6. The van der Waals surface area contributed by atoms with Gasteiger partial charge >= 0.3 is 5.97 Å². The number of carbonyl (C=O) groups excluding carboxylic acids is 1. The van der Waals surface area contributed by atoms with E-state index in [0.717, 1.165) is 5.56 Å². The third-order valence-electron chi connectivity index (χ3n) is 2.98. The number of carboxylic acids is 1. The predicted octanol–water partition coefficient (Wildman–Crippen LogP) is 1.74. The molecule has 0 bridgehead atoms. The van der Waals surface area contributed by atoms with Crippen LogP contribution in [-0.4, -0.2) is 22.5 Å². The number of nitrogens with one attached hydrogen (secondary N) is 1. The van der Waals surface area contributed by atoms with Crippen molar-refractivity contribution in [1.29, 1.82) is 0 Å². The molecule has 0 aromatic heterocycles. The summed E-state index contributed by atoms with van der Waals surface area (Å²) in [6, 6.07) is 7.31. The molecular formula is C14H20N2O3. The molecule has 19 heavy (non-hydrogen) atoms. The highest BCUT2D eigenvalue weighted by Crippen LogP contribution is 2.20. The van der Waals surface area contributed by atoms with Crippen LogP contribution >= 0.6 is 0 Å². The third-order valence-corrected chi connectivity index (χ3v) is 2.98. The molecule has 1 rings (SSSR count). The van der Waals surface area contributed by atoms with Gasteiger partial charge in [-0.25, -0.2) is 4.79 Å². The largest absolute Gasteiger partial charge is 0.480 e. The molecule has 0 saturated carbocycles. The van der Waals surface area contributed by atoms with Crippen LogP contribution in [-0.2, 0) is 9.59 Å². The molecule has 0 radical (unpaired) electrons. The number of nitrogens with two attached hydrogens (primary N) is 1. The average Bonchev–Trinajstić information content (AvgIpc) is 2.28. The maximum absolute atomic E-state index is 11.8. The van der Waals surface area contributed by atoms with Crippen LogP contribution in [0.3, 0.4) is 0 Å². The Labute approximate surface area is 112 Å². The topological polar surface area (TPSA) is 92.4 Å². The Morgan fingerprint density at radius 1 is 1.32 bits per heavy atom. The van der Waals surface area contributed by atoms with Gasteiger partial charge in [0.15, 0.2) is 0 Å². The van der Waals surface area contributed by atoms with Crippen LogP contribution in [0, 0.1) is 0 Å². The molecule has 0 spiro atoms. The van der Waals surface area contributed by atoms with E-state index in [9.17, 15) is 9.59 Å². The van der Waals surface area contributed by atoms with Crippen molar-refractivity contribution in [3.05, 3.63) is 29.8 Å². The second-order valence-electron chi connectivity index (χ2n) is 5.25. The summed E-state index contributed by atoms with van der Waals surface area (Å²) in [7, 11) is 0. The summed E-state index contributed by atoms with van der Waals surface area (Å²) in [5.41, 5.74) is 6.02. The van der Waals surface area contributed by atoms with Crippen LogP contribution in [0.2, 0.25) is 0 Å². The van der Waals surface area contributed by atoms with Gasteiger partial charge in [-0.3, -0.25) is 4.79 Å². The predicted molar refractivity (Wildman–Crippen MR) is 73.7 cm³/mol. The minimum Gasteiger partial charge on any atom is -0.480 e. The van der Waals surface area contributed by atoms with E-state index in [-0.39, 0.29) is 18.2 Å². The second-order valence-corrected chi connectivity index (χ2v) is 5.25. The first kappa shape index (κ1) is 15.0. The summed E-state index contributed by atoms with van der Waals surface area (Å²) in [4.78, 5) is 22.7. The van der Waals surface area contributed by atoms with Gasteiger partial charge < -0.3 is 16.2 Å². The highest BCUT2D eigenvalue weighted by Gasteiger charge is 2.29. The van der Waals surface area contributed by atoms with Crippen molar-refractivity contribution in [3.63, 3.8) is 0 Å². The number of carboxylic acid groups (broad SMARTS) is 1. The minimum atomic E-state index is -1.25. The molecule has 5 heteroatoms. The molecule has 0 heterocycles. The van der Waals surface area contributed by atoms with E-state index >= 15 is 0 Å². The summed E-state index contributed by atoms with van der Waals surface area (Å²) in [6.45, 7) is 4.83. The van der Waals surface area contributed by atoms with E-state index in [0.29, 0.717) is 5.69 Å². The van der Waals surface area contributed by atoms with Crippen LogP contribution < -0.4 is 11.1 Å². The molecule has 0 fully saturated rings. The lowest BCUT2D eigenvalue weighted by atomic mass is 9.96. The van der Waals surface area contributed by atoms with Crippen molar-refractivity contribution < 1.29 is 14.7 Å². The molecule has 1 aromatic carbocycles. The van der Waals surface area contributed by atoms with Crippen molar-refractivity contribution >= 4 is 17.6 Å². The fraction of sp³-hybridized carbons (Fsp3) is 0.429. The molecule has 1 unspecified atom stereocenters. The number of aliphatic carboxylic acids is 1. The van der Waals surface area contributed by atoms with Gasteiger partial charge in [0, 0.05) is 12.1 Å². The van der Waals surface area contributed by atoms with E-state index in [1.807, 2.05) is 19.1 Å². The molecule has 1 amide bonds. The summed E-state index contributed by atoms with van der Waals surface area (Å²) in [5, 5.41) is 11.4. The first-order valence-corrected chi connectivity index (χ1v) is 6.12. The lowest BCUT2D eigenvalue weighted by Crippen LogP contribution is -2.49. The molecule has 104 valence electrons. The monoisotopic (exact) mass is 264 g/mol. The number of amides is 1. The van der Waals surface area contributed by atoms with Gasteiger partial charge in [0.1, 0.15) is 5.54 Å². The second kappa shape index (κ2) is 5.73. The first-order valence-electron chi connectivity index (χ1n) is 6.12. The molecule has 1 atom stereocenters. The van der Waals surface area contributed by atoms with Gasteiger partial charge in [0.25, 0.3) is 0 Å². The molecule has 0 saturated heterocycles. The standard InChI is InChI=1S/C14H20N2O3/c1-9(10-4-6-11(15)7-5-10)8-12(17)16-14(2,3)13(18)19/h4-7,9H,8,15H2,1-3H3,(H,16,17)(H,18,19). The zero-order valence-electron chi connectivity index (χ0n) is 11.4. The fourth-order valence-corrected chi connectivity index (χ4v) is 1.67. The molecule has 0 aliphatic carbocycles. The average molecular weight is 264 g/mol. The van der Waals surface area contributed by atoms with Crippen LogP contribution in [0.15, 0.2) is 24.3 Å². The van der Waals surface area contributed by atoms with Crippen molar-refractivity contribution in [2.75, 3.05) is 5.73 Å². The summed E-state index contributed by atoms with van der Waals surface area (Å²) in [5.74, 6) is -1.33. The molecule has 0 aliphatic heterocycles. The molecule has 4 N–H and O–H groups in total. The van der Waals surface area contributed by atoms with Crippen molar-refractivity contribution in [2.45, 2.75) is 38.6 Å². The Balaban J connectivity index is 2.62. The summed E-state index contributed by atoms with van der Waals surface area (Å²) < 4.78 is 0. The Kier molecular flexibility index (Phi) is 4.53. The number of carbonyl (C=O) groups is 2. The van der Waals surface area contributed by atoms with Gasteiger partial charge in [0.2, 0.25) is 5.91 Å². The number of anilines is 1. The van der Waals surface area contributed by atoms with E-state index in [1.165, 1.54) is 13.8 Å². The highest BCUT2D eigenvalue weighted by atomic mass is 16.4. The lowest BCUT2D eigenvalue weighted by Gasteiger charge is -2.22. The molecule has 1 aromatic rings. The Morgan fingerprint density at radius 2 is 1.84 bits per heavy atom. The van der Waals surface area contributed by atoms with E-state index < -0.39 is 11.5 Å². The molecule has 0 aliphatic rings. The lowest BCUT2D eigenvalue weighted by molar-refractivity contribution is -0.146. The smallest absolute Gasteiger partial charge is 0.328 e. The minimum absolute atomic E-state index is 0.00481. The van der Waals surface area contributed by atoms with E-state index in [2.05, 4.69) is 5.32 Å². The van der Waals surface area contributed by atoms with Gasteiger partial charge in [-0.05, 0) is 37.5 Å². The van der Waals surface area contributed by atoms with Crippen LogP contribution in [0.25, 0.3) is 0 Å². The van der Waals surface area contributed by atoms with Gasteiger partial charge in [-0.2, -0.15) is 0 Å². The maximum Gasteiger partial charge on any atom is 0.328 e. The molecule has 5 nitrogen and oxygen atoms in total. The van der Waals surface area contributed by atoms with Gasteiger partial charge in [-0.1, -0.05) is 19.1 Å². The fourth-order valence-electron chi connectivity index (χ4n) is 1.67. The van der Waals surface area contributed by atoms with Crippen molar-refractivity contribution in [3.8, 4) is 0 Å². The van der Waals surface area contributed by atoms with Crippen molar-refractivity contribution in [2.24, 2.45) is 0 Å². The summed E-state index contributed by atoms with van der Waals surface area (Å²) in [6.07, 6.45) is 0.237. The van der Waals surface area contributed by atoms with Crippen LogP contribution in [0.5, 0.6) is 0 Å². The SMILES string of the molecule is CC(CC(=O)NC(C)(C)C(=O)O)c1ccc(N)cc1. The zero-order valence-corrected chi connectivity index (χ0v) is 11.4. The van der Waals surface area contributed by atoms with E-state index in [1.54, 1.807) is 12.1 Å². The number of hydrogen-bond acceptors (Lipinski definition) is 3. The third kappa shape index (κ3) is 4.28. The molecular weight excluding hydrogens is 244 g/mol. The number of benzene rings is 1. The maximum atomic E-state index is 11.8. The Morgan fingerprint density at radius 3 is 2.32 bits per heavy atom. The number of rotatable bonds is 5. The van der Waals surface area contributed by atoms with Gasteiger partial charge in [-0.15, -0.1) is 0 Å². The van der Waals surface area contributed by atoms with Crippen molar-refractivity contribution in [1.82, 2.24) is 5.32 Å². The Bertz CT molecular complexity index is 466. The normalized spacial score (nSPS) is 12.8. The van der Waals surface area contributed by atoms with Crippen LogP contribution in [0.1, 0.15) is 38.7 Å². The van der Waals surface area contributed by atoms with Crippen LogP contribution in [0.4, 0.5) is 5.69 Å². The quantitative estimate of drug-likeness (QED) is 0.706. The summed E-state index contributed by atoms with van der Waals surface area (Å²) >= 11 is 0. The first-order chi connectivity index (χ1) is 8.72.